The molecular weight excluding hydrogens is 406 g/mol. The highest BCUT2D eigenvalue weighted by atomic mass is 32.2. The number of hydrogen-bond acceptors (Lipinski definition) is 4. The van der Waals surface area contributed by atoms with Crippen LogP contribution in [0.25, 0.3) is 10.9 Å². The van der Waals surface area contributed by atoms with E-state index in [1.807, 2.05) is 69.3 Å². The van der Waals surface area contributed by atoms with Crippen molar-refractivity contribution in [3.63, 3.8) is 0 Å². The quantitative estimate of drug-likeness (QED) is 0.429. The van der Waals surface area contributed by atoms with Gasteiger partial charge in [-0.25, -0.2) is 8.42 Å². The Labute approximate surface area is 183 Å². The number of sulfonamides is 1. The fourth-order valence-electron chi connectivity index (χ4n) is 3.94. The zero-order valence-corrected chi connectivity index (χ0v) is 18.7. The Balaban J connectivity index is 1.92. The van der Waals surface area contributed by atoms with Crippen LogP contribution in [-0.2, 0) is 10.0 Å². The van der Waals surface area contributed by atoms with Crippen molar-refractivity contribution in [1.29, 1.82) is 0 Å². The van der Waals surface area contributed by atoms with E-state index in [0.29, 0.717) is 17.4 Å². The number of aromatic nitrogens is 2. The minimum atomic E-state index is -3.83. The summed E-state index contributed by atoms with van der Waals surface area (Å²) in [7, 11) is -3.83. The van der Waals surface area contributed by atoms with E-state index in [0.717, 1.165) is 22.3 Å². The van der Waals surface area contributed by atoms with Crippen molar-refractivity contribution in [2.75, 3.05) is 6.54 Å². The second kappa shape index (κ2) is 8.57. The SMILES string of the molecule is CCN([C@@H](c1ccc(C)cc1)c1cccnc1)S(=O)(=O)c1ccc(C)c2ncccc12. The number of rotatable bonds is 6. The van der Waals surface area contributed by atoms with Crippen molar-refractivity contribution in [3.8, 4) is 0 Å². The number of nitrogens with zero attached hydrogens (tertiary/aromatic N) is 3. The largest absolute Gasteiger partial charge is 0.264 e. The Kier molecular flexibility index (Phi) is 5.85. The van der Waals surface area contributed by atoms with Crippen LogP contribution in [0.1, 0.15) is 35.2 Å². The molecule has 0 radical (unpaired) electrons. The third-order valence-electron chi connectivity index (χ3n) is 5.51. The maximum absolute atomic E-state index is 14.0. The van der Waals surface area contributed by atoms with Crippen molar-refractivity contribution in [1.82, 2.24) is 14.3 Å². The summed E-state index contributed by atoms with van der Waals surface area (Å²) in [6.45, 7) is 6.13. The summed E-state index contributed by atoms with van der Waals surface area (Å²) in [4.78, 5) is 8.94. The molecule has 2 aromatic carbocycles. The average Bonchev–Trinajstić information content (AvgIpc) is 2.79. The minimum Gasteiger partial charge on any atom is -0.264 e. The average molecular weight is 432 g/mol. The lowest BCUT2D eigenvalue weighted by Crippen LogP contribution is -2.35. The van der Waals surface area contributed by atoms with Crippen molar-refractivity contribution in [2.24, 2.45) is 0 Å². The molecule has 0 aliphatic carbocycles. The number of benzene rings is 2. The molecule has 0 unspecified atom stereocenters. The standard InChI is InChI=1S/C25H25N3O2S/c1-4-28(25(21-7-5-15-26-17-21)20-12-9-18(2)10-13-20)31(29,30)23-14-11-19(3)24-22(23)8-6-16-27-24/h5-17,25H,4H2,1-3H3/t25-/m0/s1. The number of fused-ring (bicyclic) bond motifs is 1. The molecule has 0 aliphatic heterocycles. The van der Waals surface area contributed by atoms with Crippen LogP contribution in [0.3, 0.4) is 0 Å². The molecule has 1 atom stereocenters. The van der Waals surface area contributed by atoms with Crippen LogP contribution in [0, 0.1) is 13.8 Å². The molecule has 0 saturated carbocycles. The van der Waals surface area contributed by atoms with Crippen LogP contribution in [-0.4, -0.2) is 29.2 Å². The molecule has 6 heteroatoms. The number of hydrogen-bond donors (Lipinski definition) is 0. The third kappa shape index (κ3) is 3.96. The normalized spacial score (nSPS) is 12.9. The van der Waals surface area contributed by atoms with E-state index in [2.05, 4.69) is 9.97 Å². The Morgan fingerprint density at radius 3 is 2.32 bits per heavy atom. The first-order valence-corrected chi connectivity index (χ1v) is 11.7. The summed E-state index contributed by atoms with van der Waals surface area (Å²) in [5, 5.41) is 0.634. The molecule has 158 valence electrons. The van der Waals surface area contributed by atoms with Crippen LogP contribution in [0.4, 0.5) is 0 Å². The van der Waals surface area contributed by atoms with Crippen molar-refractivity contribution in [3.05, 3.63) is 102 Å². The van der Waals surface area contributed by atoms with Gasteiger partial charge in [-0.05, 0) is 54.8 Å². The minimum absolute atomic E-state index is 0.268. The van der Waals surface area contributed by atoms with Gasteiger partial charge in [-0.2, -0.15) is 4.31 Å². The van der Waals surface area contributed by atoms with Gasteiger partial charge in [0.1, 0.15) is 0 Å². The summed E-state index contributed by atoms with van der Waals surface area (Å²) in [5.41, 5.74) is 4.49. The van der Waals surface area contributed by atoms with E-state index in [1.54, 1.807) is 35.0 Å². The van der Waals surface area contributed by atoms with Gasteiger partial charge in [0.15, 0.2) is 0 Å². The van der Waals surface area contributed by atoms with Crippen molar-refractivity contribution in [2.45, 2.75) is 31.7 Å². The van der Waals surface area contributed by atoms with Crippen LogP contribution < -0.4 is 0 Å². The highest BCUT2D eigenvalue weighted by Crippen LogP contribution is 2.35. The number of aryl methyl sites for hydroxylation is 2. The molecule has 2 aromatic heterocycles. The van der Waals surface area contributed by atoms with E-state index in [9.17, 15) is 8.42 Å². The first-order valence-electron chi connectivity index (χ1n) is 10.3. The van der Waals surface area contributed by atoms with E-state index in [-0.39, 0.29) is 4.90 Å². The van der Waals surface area contributed by atoms with E-state index in [4.69, 9.17) is 0 Å². The zero-order valence-electron chi connectivity index (χ0n) is 17.9. The summed E-state index contributed by atoms with van der Waals surface area (Å²) in [6.07, 6.45) is 5.12. The van der Waals surface area contributed by atoms with Gasteiger partial charge in [0.2, 0.25) is 10.0 Å². The van der Waals surface area contributed by atoms with Gasteiger partial charge in [0, 0.05) is 30.5 Å². The van der Waals surface area contributed by atoms with Gasteiger partial charge in [-0.3, -0.25) is 9.97 Å². The zero-order chi connectivity index (χ0) is 22.0. The fourth-order valence-corrected chi connectivity index (χ4v) is 5.74. The van der Waals surface area contributed by atoms with Crippen LogP contribution >= 0.6 is 0 Å². The molecule has 0 N–H and O–H groups in total. The second-order valence-corrected chi connectivity index (χ2v) is 9.45. The summed E-state index contributed by atoms with van der Waals surface area (Å²) in [5.74, 6) is 0. The second-order valence-electron chi connectivity index (χ2n) is 7.59. The highest BCUT2D eigenvalue weighted by molar-refractivity contribution is 7.89. The first kappa shape index (κ1) is 21.2. The molecule has 0 amide bonds. The molecule has 0 bridgehead atoms. The van der Waals surface area contributed by atoms with Crippen molar-refractivity contribution < 1.29 is 8.42 Å². The lowest BCUT2D eigenvalue weighted by molar-refractivity contribution is 0.375. The van der Waals surface area contributed by atoms with Gasteiger partial charge in [0.05, 0.1) is 16.5 Å². The third-order valence-corrected chi connectivity index (χ3v) is 7.51. The molecule has 0 saturated heterocycles. The predicted octanol–water partition coefficient (Wildman–Crippen LogP) is 5.05. The molecule has 2 heterocycles. The fraction of sp³-hybridized carbons (Fsp3) is 0.200. The van der Waals surface area contributed by atoms with Gasteiger partial charge in [0.25, 0.3) is 0 Å². The smallest absolute Gasteiger partial charge is 0.244 e. The summed E-state index contributed by atoms with van der Waals surface area (Å²) >= 11 is 0. The van der Waals surface area contributed by atoms with Crippen molar-refractivity contribution >= 4 is 20.9 Å². The monoisotopic (exact) mass is 431 g/mol. The Hall–Kier alpha value is -3.09. The molecule has 4 rings (SSSR count). The predicted molar refractivity (Wildman–Crippen MR) is 123 cm³/mol. The van der Waals surface area contributed by atoms with E-state index < -0.39 is 16.1 Å². The van der Waals surface area contributed by atoms with Crippen LogP contribution in [0.5, 0.6) is 0 Å². The summed E-state index contributed by atoms with van der Waals surface area (Å²) in [6, 6.07) is 18.4. The Morgan fingerprint density at radius 1 is 0.903 bits per heavy atom. The molecule has 0 fully saturated rings. The van der Waals surface area contributed by atoms with Gasteiger partial charge in [-0.15, -0.1) is 0 Å². The van der Waals surface area contributed by atoms with Crippen LogP contribution in [0.15, 0.2) is 84.1 Å². The lowest BCUT2D eigenvalue weighted by Gasteiger charge is -2.31. The highest BCUT2D eigenvalue weighted by Gasteiger charge is 2.34. The van der Waals surface area contributed by atoms with Gasteiger partial charge >= 0.3 is 0 Å². The Morgan fingerprint density at radius 2 is 1.65 bits per heavy atom. The topological polar surface area (TPSA) is 63.2 Å². The summed E-state index contributed by atoms with van der Waals surface area (Å²) < 4.78 is 29.6. The lowest BCUT2D eigenvalue weighted by atomic mass is 9.99. The molecular formula is C25H25N3O2S. The molecule has 5 nitrogen and oxygen atoms in total. The van der Waals surface area contributed by atoms with Gasteiger partial charge in [-0.1, -0.05) is 48.9 Å². The number of pyridine rings is 2. The van der Waals surface area contributed by atoms with E-state index in [1.165, 1.54) is 0 Å². The maximum Gasteiger partial charge on any atom is 0.244 e. The molecule has 0 spiro atoms. The van der Waals surface area contributed by atoms with Gasteiger partial charge < -0.3 is 0 Å². The van der Waals surface area contributed by atoms with E-state index >= 15 is 0 Å². The Bertz CT molecular complexity index is 1300. The molecule has 4 aromatic rings. The molecule has 0 aliphatic rings. The first-order chi connectivity index (χ1) is 14.9. The molecule has 31 heavy (non-hydrogen) atoms. The van der Waals surface area contributed by atoms with Crippen LogP contribution in [0.2, 0.25) is 0 Å². The maximum atomic E-state index is 14.0.